The van der Waals surface area contributed by atoms with Gasteiger partial charge in [0.1, 0.15) is 6.61 Å². The summed E-state index contributed by atoms with van der Waals surface area (Å²) in [6, 6.07) is 0. The van der Waals surface area contributed by atoms with E-state index in [2.05, 4.69) is 0 Å². The molecule has 0 bridgehead atoms. The van der Waals surface area contributed by atoms with Gasteiger partial charge in [0.25, 0.3) is 0 Å². The van der Waals surface area contributed by atoms with Crippen molar-refractivity contribution in [3.63, 3.8) is 0 Å². The fourth-order valence-corrected chi connectivity index (χ4v) is 1.51. The van der Waals surface area contributed by atoms with Crippen molar-refractivity contribution in [1.82, 2.24) is 0 Å². The van der Waals surface area contributed by atoms with Crippen LogP contribution in [0.1, 0.15) is 52.4 Å². The van der Waals surface area contributed by atoms with E-state index in [4.69, 9.17) is 45.6 Å². The summed E-state index contributed by atoms with van der Waals surface area (Å²) in [7, 11) is 0. The first-order chi connectivity index (χ1) is 15.3. The Labute approximate surface area is 190 Å². The monoisotopic (exact) mass is 482 g/mol. The number of unbranched alkanes of at least 4 members (excludes halogenated alkanes) is 2. The lowest BCUT2D eigenvalue weighted by Gasteiger charge is -1.97. The standard InChI is InChI=1S/2C8H12O4.C2H4O3.C2H6O2/c2*1-2-3-4-6(8(11)12)5-7(9)10;3-1-2(4)5;3-1-2-4/h2*5H,2-4H2,1H3,(H,9,10)(H,11,12);3H,1H2,(H,4,5);3-4H,1-2H2. The fraction of sp³-hybridized carbons (Fsp3) is 0.550. The van der Waals surface area contributed by atoms with Crippen molar-refractivity contribution in [1.29, 1.82) is 0 Å². The van der Waals surface area contributed by atoms with Crippen LogP contribution in [0.4, 0.5) is 0 Å². The predicted octanol–water partition coefficient (Wildman–Crippen LogP) is 0.579. The summed E-state index contributed by atoms with van der Waals surface area (Å²) < 4.78 is 0. The first kappa shape index (κ1) is 37.0. The van der Waals surface area contributed by atoms with E-state index in [0.717, 1.165) is 25.0 Å². The molecule has 33 heavy (non-hydrogen) atoms. The lowest BCUT2D eigenvalue weighted by Crippen LogP contribution is -2.03. The van der Waals surface area contributed by atoms with E-state index in [0.29, 0.717) is 25.7 Å². The second-order valence-corrected chi connectivity index (χ2v) is 5.83. The molecule has 0 aromatic carbocycles. The zero-order chi connectivity index (χ0) is 26.8. The fourth-order valence-electron chi connectivity index (χ4n) is 1.51. The van der Waals surface area contributed by atoms with E-state index in [-0.39, 0.29) is 24.4 Å². The molecular weight excluding hydrogens is 448 g/mol. The van der Waals surface area contributed by atoms with Gasteiger partial charge in [-0.1, -0.05) is 26.7 Å². The summed E-state index contributed by atoms with van der Waals surface area (Å²) in [5, 5.41) is 63.9. The van der Waals surface area contributed by atoms with Crippen molar-refractivity contribution >= 4 is 29.8 Å². The molecule has 0 atom stereocenters. The highest BCUT2D eigenvalue weighted by molar-refractivity contribution is 5.95. The Morgan fingerprint density at radius 3 is 1.00 bits per heavy atom. The predicted molar refractivity (Wildman–Crippen MR) is 115 cm³/mol. The van der Waals surface area contributed by atoms with Crippen molar-refractivity contribution in [2.75, 3.05) is 19.8 Å². The van der Waals surface area contributed by atoms with Gasteiger partial charge in [-0.2, -0.15) is 0 Å². The highest BCUT2D eigenvalue weighted by atomic mass is 16.4. The van der Waals surface area contributed by atoms with Gasteiger partial charge in [-0.15, -0.1) is 0 Å². The Bertz CT molecular complexity index is 588. The summed E-state index contributed by atoms with van der Waals surface area (Å²) in [6.45, 7) is 2.81. The molecule has 0 saturated carbocycles. The number of carbonyl (C=O) groups is 5. The van der Waals surface area contributed by atoms with Gasteiger partial charge in [-0.25, -0.2) is 24.0 Å². The van der Waals surface area contributed by atoms with Crippen molar-refractivity contribution in [3.05, 3.63) is 23.3 Å². The summed E-state index contributed by atoms with van der Waals surface area (Å²) in [4.78, 5) is 50.2. The van der Waals surface area contributed by atoms with E-state index < -0.39 is 36.5 Å². The summed E-state index contributed by atoms with van der Waals surface area (Å²) in [6.07, 6.45) is 5.23. The number of aliphatic carboxylic acids is 5. The summed E-state index contributed by atoms with van der Waals surface area (Å²) in [5.74, 6) is -5.89. The molecule has 0 amide bonds. The maximum Gasteiger partial charge on any atom is 0.331 e. The first-order valence-electron chi connectivity index (χ1n) is 9.72. The van der Waals surface area contributed by atoms with E-state index in [1.54, 1.807) is 0 Å². The van der Waals surface area contributed by atoms with Crippen LogP contribution >= 0.6 is 0 Å². The number of rotatable bonds is 12. The number of aliphatic hydroxyl groups is 3. The molecule has 13 heteroatoms. The summed E-state index contributed by atoms with van der Waals surface area (Å²) in [5.41, 5.74) is -0.0753. The van der Waals surface area contributed by atoms with Crippen LogP contribution in [-0.2, 0) is 24.0 Å². The molecule has 0 radical (unpaired) electrons. The Morgan fingerprint density at radius 1 is 0.606 bits per heavy atom. The quantitative estimate of drug-likeness (QED) is 0.177. The highest BCUT2D eigenvalue weighted by Crippen LogP contribution is 2.07. The van der Waals surface area contributed by atoms with Crippen LogP contribution in [0.5, 0.6) is 0 Å². The first-order valence-corrected chi connectivity index (χ1v) is 9.72. The molecule has 0 saturated heterocycles. The maximum absolute atomic E-state index is 10.4. The lowest BCUT2D eigenvalue weighted by molar-refractivity contribution is -0.140. The van der Waals surface area contributed by atoms with Crippen molar-refractivity contribution in [2.45, 2.75) is 52.4 Å². The van der Waals surface area contributed by atoms with Crippen LogP contribution in [0.2, 0.25) is 0 Å². The van der Waals surface area contributed by atoms with Crippen molar-refractivity contribution in [2.24, 2.45) is 0 Å². The second kappa shape index (κ2) is 26.7. The smallest absolute Gasteiger partial charge is 0.331 e. The third kappa shape index (κ3) is 36.4. The maximum atomic E-state index is 10.4. The van der Waals surface area contributed by atoms with E-state index >= 15 is 0 Å². The molecule has 0 aliphatic carbocycles. The van der Waals surface area contributed by atoms with Crippen molar-refractivity contribution in [3.8, 4) is 0 Å². The third-order valence-electron chi connectivity index (χ3n) is 2.98. The van der Waals surface area contributed by atoms with Crippen LogP contribution in [0.15, 0.2) is 23.3 Å². The molecule has 0 spiro atoms. The average molecular weight is 482 g/mol. The second-order valence-electron chi connectivity index (χ2n) is 5.83. The topological polar surface area (TPSA) is 247 Å². The van der Waals surface area contributed by atoms with Crippen LogP contribution in [0.3, 0.4) is 0 Å². The molecule has 0 rings (SSSR count). The minimum Gasteiger partial charge on any atom is -0.480 e. The Kier molecular flexibility index (Phi) is 30.0. The number of hydrogen-bond acceptors (Lipinski definition) is 8. The van der Waals surface area contributed by atoms with Gasteiger partial charge < -0.3 is 40.9 Å². The molecule has 0 aliphatic rings. The zero-order valence-corrected chi connectivity index (χ0v) is 18.6. The van der Waals surface area contributed by atoms with Crippen LogP contribution < -0.4 is 0 Å². The third-order valence-corrected chi connectivity index (χ3v) is 2.98. The number of aliphatic hydroxyl groups excluding tert-OH is 3. The van der Waals surface area contributed by atoms with E-state index in [9.17, 15) is 19.2 Å². The molecule has 0 aromatic heterocycles. The SMILES string of the molecule is CCCCC(=CC(=O)O)C(=O)O.CCCCC(=CC(=O)O)C(=O)O.O=C(O)CO.OCCO. The van der Waals surface area contributed by atoms with Gasteiger partial charge in [0, 0.05) is 23.3 Å². The molecule has 0 unspecified atom stereocenters. The van der Waals surface area contributed by atoms with E-state index in [1.807, 2.05) is 13.8 Å². The van der Waals surface area contributed by atoms with Crippen molar-refractivity contribution < 1.29 is 64.8 Å². The van der Waals surface area contributed by atoms with Gasteiger partial charge in [0.15, 0.2) is 0 Å². The molecular formula is C20H34O13. The molecule has 192 valence electrons. The number of carboxylic acid groups (broad SMARTS) is 5. The van der Waals surface area contributed by atoms with Gasteiger partial charge in [-0.3, -0.25) is 0 Å². The molecule has 0 aliphatic heterocycles. The van der Waals surface area contributed by atoms with Crippen LogP contribution in [0.25, 0.3) is 0 Å². The Balaban J connectivity index is -0.000000188. The highest BCUT2D eigenvalue weighted by Gasteiger charge is 2.08. The number of carboxylic acids is 5. The lowest BCUT2D eigenvalue weighted by atomic mass is 10.1. The van der Waals surface area contributed by atoms with Gasteiger partial charge >= 0.3 is 29.8 Å². The number of hydrogen-bond donors (Lipinski definition) is 8. The largest absolute Gasteiger partial charge is 0.480 e. The van der Waals surface area contributed by atoms with Gasteiger partial charge in [0.05, 0.1) is 13.2 Å². The Morgan fingerprint density at radius 2 is 0.879 bits per heavy atom. The van der Waals surface area contributed by atoms with E-state index in [1.165, 1.54) is 0 Å². The van der Waals surface area contributed by atoms with Crippen LogP contribution in [-0.4, -0.2) is 90.5 Å². The van der Waals surface area contributed by atoms with Gasteiger partial charge in [-0.05, 0) is 25.7 Å². The summed E-state index contributed by atoms with van der Waals surface area (Å²) >= 11 is 0. The Hall–Kier alpha value is -3.29. The molecule has 0 aromatic rings. The van der Waals surface area contributed by atoms with Crippen LogP contribution in [0, 0.1) is 0 Å². The molecule has 0 fully saturated rings. The zero-order valence-electron chi connectivity index (χ0n) is 18.6. The molecule has 13 nitrogen and oxygen atoms in total. The normalized spacial score (nSPS) is 10.2. The average Bonchev–Trinajstić information content (AvgIpc) is 2.74. The minimum atomic E-state index is -1.21. The molecule has 0 heterocycles. The minimum absolute atomic E-state index is 0.0376. The molecule has 8 N–H and O–H groups in total. The van der Waals surface area contributed by atoms with Gasteiger partial charge in [0.2, 0.25) is 0 Å².